The second-order valence-electron chi connectivity index (χ2n) is 2.87. The Labute approximate surface area is 62.7 Å². The van der Waals surface area contributed by atoms with Gasteiger partial charge in [0.1, 0.15) is 6.61 Å². The molecule has 2 nitrogen and oxygen atoms in total. The molecule has 0 heterocycles. The van der Waals surface area contributed by atoms with Gasteiger partial charge < -0.3 is 9.95 Å². The fourth-order valence-electron chi connectivity index (χ4n) is 0.728. The van der Waals surface area contributed by atoms with Gasteiger partial charge in [0.25, 0.3) is 5.54 Å². The first-order valence-corrected chi connectivity index (χ1v) is 3.68. The molecule has 0 aliphatic heterocycles. The quantitative estimate of drug-likeness (QED) is 0.594. The largest absolute Gasteiger partial charge is 0.388 e. The van der Waals surface area contributed by atoms with E-state index in [1.165, 1.54) is 0 Å². The molecule has 0 aliphatic carbocycles. The van der Waals surface area contributed by atoms with Crippen molar-refractivity contribution in [2.24, 2.45) is 0 Å². The van der Waals surface area contributed by atoms with Crippen LogP contribution in [-0.4, -0.2) is 17.3 Å². The van der Waals surface area contributed by atoms with Gasteiger partial charge in [-0.3, -0.25) is 0 Å². The highest BCUT2D eigenvalue weighted by atomic mass is 16.3. The monoisotopic (exact) mass is 141 g/mol. The molecular formula is C8H15NO. The van der Waals surface area contributed by atoms with Gasteiger partial charge >= 0.3 is 0 Å². The highest BCUT2D eigenvalue weighted by molar-refractivity contribution is 4.93. The highest BCUT2D eigenvalue weighted by Gasteiger charge is 2.27. The van der Waals surface area contributed by atoms with Crippen LogP contribution in [0.5, 0.6) is 0 Å². The first kappa shape index (κ1) is 9.45. The predicted octanol–water partition coefficient (Wildman–Crippen LogP) is 1.85. The van der Waals surface area contributed by atoms with E-state index in [0.717, 1.165) is 19.3 Å². The van der Waals surface area contributed by atoms with Crippen LogP contribution in [0.1, 0.15) is 33.1 Å². The molecule has 0 spiro atoms. The number of nitrogens with zero attached hydrogens (tertiary/aromatic N) is 1. The van der Waals surface area contributed by atoms with Crippen LogP contribution in [0.25, 0.3) is 4.85 Å². The van der Waals surface area contributed by atoms with Crippen LogP contribution in [-0.2, 0) is 0 Å². The number of aliphatic hydroxyl groups is 1. The van der Waals surface area contributed by atoms with Gasteiger partial charge in [-0.2, -0.15) is 0 Å². The van der Waals surface area contributed by atoms with Crippen molar-refractivity contribution in [3.63, 3.8) is 0 Å². The van der Waals surface area contributed by atoms with Gasteiger partial charge in [-0.1, -0.05) is 13.3 Å². The zero-order valence-electron chi connectivity index (χ0n) is 6.72. The van der Waals surface area contributed by atoms with Crippen molar-refractivity contribution in [1.29, 1.82) is 0 Å². The standard InChI is InChI=1S/C8H15NO/c1-4-5-6-8(2,7-10)9-3/h10H,4-7H2,1-2H3/t8-/m1/s1. The van der Waals surface area contributed by atoms with Crippen molar-refractivity contribution < 1.29 is 5.11 Å². The van der Waals surface area contributed by atoms with Crippen molar-refractivity contribution in [2.45, 2.75) is 38.6 Å². The van der Waals surface area contributed by atoms with Crippen LogP contribution in [0, 0.1) is 6.57 Å². The van der Waals surface area contributed by atoms with Gasteiger partial charge in [-0.15, -0.1) is 0 Å². The molecule has 0 aromatic carbocycles. The Morgan fingerprint density at radius 2 is 2.20 bits per heavy atom. The molecular weight excluding hydrogens is 126 g/mol. The maximum Gasteiger partial charge on any atom is 0.252 e. The molecule has 10 heavy (non-hydrogen) atoms. The minimum Gasteiger partial charge on any atom is -0.388 e. The molecule has 0 amide bonds. The third-order valence-electron chi connectivity index (χ3n) is 1.68. The number of hydrogen-bond acceptors (Lipinski definition) is 1. The summed E-state index contributed by atoms with van der Waals surface area (Å²) in [6.07, 6.45) is 2.92. The summed E-state index contributed by atoms with van der Waals surface area (Å²) in [7, 11) is 0. The Hall–Kier alpha value is -0.550. The molecule has 0 aliphatic rings. The maximum absolute atomic E-state index is 8.80. The summed E-state index contributed by atoms with van der Waals surface area (Å²) in [6.45, 7) is 10.7. The average molecular weight is 141 g/mol. The molecule has 0 rings (SSSR count). The van der Waals surface area contributed by atoms with E-state index in [4.69, 9.17) is 11.7 Å². The van der Waals surface area contributed by atoms with Crippen molar-refractivity contribution in [3.05, 3.63) is 11.4 Å². The minimum atomic E-state index is -0.518. The SMILES string of the molecule is [C-]#[N+][C@@](C)(CO)CCCC. The minimum absolute atomic E-state index is 0.0174. The van der Waals surface area contributed by atoms with Crippen molar-refractivity contribution >= 4 is 0 Å². The topological polar surface area (TPSA) is 24.6 Å². The van der Waals surface area contributed by atoms with Gasteiger partial charge in [0.05, 0.1) is 0 Å². The van der Waals surface area contributed by atoms with Crippen LogP contribution < -0.4 is 0 Å². The Morgan fingerprint density at radius 3 is 2.50 bits per heavy atom. The highest BCUT2D eigenvalue weighted by Crippen LogP contribution is 2.17. The number of rotatable bonds is 4. The molecule has 0 aromatic heterocycles. The van der Waals surface area contributed by atoms with E-state index in [1.54, 1.807) is 6.92 Å². The Balaban J connectivity index is 3.72. The molecule has 58 valence electrons. The van der Waals surface area contributed by atoms with Crippen molar-refractivity contribution in [3.8, 4) is 0 Å². The summed E-state index contributed by atoms with van der Waals surface area (Å²) in [6, 6.07) is 0. The predicted molar refractivity (Wildman–Crippen MR) is 41.6 cm³/mol. The van der Waals surface area contributed by atoms with Gasteiger partial charge in [0.2, 0.25) is 0 Å². The van der Waals surface area contributed by atoms with Crippen LogP contribution in [0.2, 0.25) is 0 Å². The molecule has 0 unspecified atom stereocenters. The fraction of sp³-hybridized carbons (Fsp3) is 0.875. The Bertz CT molecular complexity index is 128. The first-order valence-electron chi connectivity index (χ1n) is 3.68. The van der Waals surface area contributed by atoms with E-state index < -0.39 is 5.54 Å². The summed E-state index contributed by atoms with van der Waals surface area (Å²) >= 11 is 0. The molecule has 0 bridgehead atoms. The summed E-state index contributed by atoms with van der Waals surface area (Å²) in [4.78, 5) is 3.38. The van der Waals surface area contributed by atoms with E-state index in [9.17, 15) is 0 Å². The van der Waals surface area contributed by atoms with Crippen LogP contribution in [0.3, 0.4) is 0 Å². The molecule has 0 saturated carbocycles. The third-order valence-corrected chi connectivity index (χ3v) is 1.68. The van der Waals surface area contributed by atoms with Crippen LogP contribution >= 0.6 is 0 Å². The molecule has 0 radical (unpaired) electrons. The zero-order valence-corrected chi connectivity index (χ0v) is 6.72. The van der Waals surface area contributed by atoms with Crippen molar-refractivity contribution in [2.75, 3.05) is 6.61 Å². The Kier molecular flexibility index (Phi) is 4.06. The van der Waals surface area contributed by atoms with Crippen molar-refractivity contribution in [1.82, 2.24) is 0 Å². The number of unbranched alkanes of at least 4 members (excludes halogenated alkanes) is 1. The first-order chi connectivity index (χ1) is 4.68. The summed E-state index contributed by atoms with van der Waals surface area (Å²) in [5.74, 6) is 0. The smallest absolute Gasteiger partial charge is 0.252 e. The lowest BCUT2D eigenvalue weighted by atomic mass is 9.97. The number of aliphatic hydroxyl groups excluding tert-OH is 1. The lowest BCUT2D eigenvalue weighted by Crippen LogP contribution is -2.24. The summed E-state index contributed by atoms with van der Waals surface area (Å²) in [5, 5.41) is 8.80. The van der Waals surface area contributed by atoms with E-state index in [1.807, 2.05) is 0 Å². The van der Waals surface area contributed by atoms with Crippen LogP contribution in [0.15, 0.2) is 0 Å². The van der Waals surface area contributed by atoms with Gasteiger partial charge in [0, 0.05) is 13.3 Å². The lowest BCUT2D eigenvalue weighted by Gasteiger charge is -2.12. The van der Waals surface area contributed by atoms with Gasteiger partial charge in [0.15, 0.2) is 0 Å². The average Bonchev–Trinajstić information content (AvgIpc) is 2.00. The lowest BCUT2D eigenvalue weighted by molar-refractivity contribution is 0.223. The van der Waals surface area contributed by atoms with Gasteiger partial charge in [-0.25, -0.2) is 6.57 Å². The zero-order chi connectivity index (χ0) is 8.04. The Morgan fingerprint density at radius 1 is 1.60 bits per heavy atom. The molecule has 1 atom stereocenters. The summed E-state index contributed by atoms with van der Waals surface area (Å²) < 4.78 is 0. The van der Waals surface area contributed by atoms with E-state index in [0.29, 0.717) is 0 Å². The van der Waals surface area contributed by atoms with E-state index in [-0.39, 0.29) is 6.61 Å². The third kappa shape index (κ3) is 2.84. The molecule has 0 saturated heterocycles. The molecule has 1 N–H and O–H groups in total. The fourth-order valence-corrected chi connectivity index (χ4v) is 0.728. The molecule has 0 aromatic rings. The van der Waals surface area contributed by atoms with Gasteiger partial charge in [-0.05, 0) is 6.42 Å². The normalized spacial score (nSPS) is 15.8. The summed E-state index contributed by atoms with van der Waals surface area (Å²) in [5.41, 5.74) is -0.518. The van der Waals surface area contributed by atoms with Crippen LogP contribution in [0.4, 0.5) is 0 Å². The maximum atomic E-state index is 8.80. The van der Waals surface area contributed by atoms with E-state index in [2.05, 4.69) is 11.8 Å². The second-order valence-corrected chi connectivity index (χ2v) is 2.87. The molecule has 0 fully saturated rings. The molecule has 2 heteroatoms. The number of hydrogen-bond donors (Lipinski definition) is 1. The second kappa shape index (κ2) is 4.29. The van der Waals surface area contributed by atoms with E-state index >= 15 is 0 Å².